The zero-order valence-electron chi connectivity index (χ0n) is 11.9. The summed E-state index contributed by atoms with van der Waals surface area (Å²) >= 11 is 1.35. The van der Waals surface area contributed by atoms with Gasteiger partial charge in [-0.2, -0.15) is 0 Å². The molecule has 0 aromatic carbocycles. The number of carbonyl (C=O) groups is 2. The van der Waals surface area contributed by atoms with Crippen LogP contribution in [-0.4, -0.2) is 36.2 Å². The van der Waals surface area contributed by atoms with Crippen LogP contribution in [0.1, 0.15) is 35.0 Å². The number of nitrogens with one attached hydrogen (secondary N) is 1. The van der Waals surface area contributed by atoms with Gasteiger partial charge in [-0.05, 0) is 25.0 Å². The van der Waals surface area contributed by atoms with Gasteiger partial charge in [-0.25, -0.2) is 4.79 Å². The molecule has 2 rings (SSSR count). The Hall–Kier alpha value is -1.66. The zero-order valence-corrected chi connectivity index (χ0v) is 12.7. The van der Waals surface area contributed by atoms with Crippen LogP contribution in [0.2, 0.25) is 0 Å². The molecule has 1 aliphatic rings. The number of carbonyl (C=O) groups excluding carboxylic acids is 1. The van der Waals surface area contributed by atoms with E-state index in [1.807, 2.05) is 0 Å². The van der Waals surface area contributed by atoms with E-state index in [0.29, 0.717) is 18.0 Å². The molecule has 1 saturated heterocycles. The standard InChI is InChI=1S/C15H19NO4S/c1-2-13-10(5-6-20-13)8-16-15(19)11-7-12(21-9-11)3-4-14(17)18/h3-4,7,9-10,13H,2,5-6,8H2,1H3,(H,16,19)(H,17,18)/b4-3+. The number of thiophene rings is 1. The minimum Gasteiger partial charge on any atom is -0.478 e. The molecule has 1 aromatic heterocycles. The van der Waals surface area contributed by atoms with E-state index in [2.05, 4.69) is 12.2 Å². The number of carboxylic acids is 1. The van der Waals surface area contributed by atoms with E-state index in [0.717, 1.165) is 30.4 Å². The summed E-state index contributed by atoms with van der Waals surface area (Å²) in [5, 5.41) is 13.2. The lowest BCUT2D eigenvalue weighted by Crippen LogP contribution is -2.32. The summed E-state index contributed by atoms with van der Waals surface area (Å²) in [7, 11) is 0. The summed E-state index contributed by atoms with van der Waals surface area (Å²) in [6.07, 6.45) is 4.73. The molecule has 2 unspecified atom stereocenters. The fourth-order valence-electron chi connectivity index (χ4n) is 2.42. The Balaban J connectivity index is 1.87. The molecule has 1 fully saturated rings. The first kappa shape index (κ1) is 15.7. The number of amides is 1. The number of hydrogen-bond donors (Lipinski definition) is 2. The van der Waals surface area contributed by atoms with Gasteiger partial charge in [0.25, 0.3) is 5.91 Å². The second-order valence-corrected chi connectivity index (χ2v) is 5.93. The van der Waals surface area contributed by atoms with Gasteiger partial charge in [-0.15, -0.1) is 11.3 Å². The van der Waals surface area contributed by atoms with Gasteiger partial charge in [0.1, 0.15) is 0 Å². The molecule has 0 spiro atoms. The third kappa shape index (κ3) is 4.41. The normalized spacial score (nSPS) is 21.8. The van der Waals surface area contributed by atoms with Gasteiger partial charge in [0.05, 0.1) is 11.7 Å². The molecule has 0 radical (unpaired) electrons. The third-order valence-corrected chi connectivity index (χ3v) is 4.44. The van der Waals surface area contributed by atoms with Crippen LogP contribution in [0.4, 0.5) is 0 Å². The van der Waals surface area contributed by atoms with E-state index in [4.69, 9.17) is 9.84 Å². The lowest BCUT2D eigenvalue weighted by molar-refractivity contribution is -0.131. The largest absolute Gasteiger partial charge is 0.478 e. The van der Waals surface area contributed by atoms with E-state index in [1.165, 1.54) is 17.4 Å². The van der Waals surface area contributed by atoms with Crippen LogP contribution in [0.3, 0.4) is 0 Å². The molecule has 1 aromatic rings. The van der Waals surface area contributed by atoms with Crippen LogP contribution >= 0.6 is 11.3 Å². The molecular formula is C15H19NO4S. The molecule has 114 valence electrons. The van der Waals surface area contributed by atoms with Crippen molar-refractivity contribution in [2.24, 2.45) is 5.92 Å². The minimum atomic E-state index is -0.999. The first-order valence-electron chi connectivity index (χ1n) is 6.99. The monoisotopic (exact) mass is 309 g/mol. The Kier molecular flexibility index (Phi) is 5.52. The zero-order chi connectivity index (χ0) is 15.2. The van der Waals surface area contributed by atoms with Crippen molar-refractivity contribution in [2.75, 3.05) is 13.2 Å². The fourth-order valence-corrected chi connectivity index (χ4v) is 3.20. The van der Waals surface area contributed by atoms with Crippen LogP contribution in [-0.2, 0) is 9.53 Å². The number of carboxylic acid groups (broad SMARTS) is 1. The molecule has 1 amide bonds. The average molecular weight is 309 g/mol. The van der Waals surface area contributed by atoms with Crippen LogP contribution in [0.25, 0.3) is 6.08 Å². The predicted molar refractivity (Wildman–Crippen MR) is 81.5 cm³/mol. The van der Waals surface area contributed by atoms with Crippen LogP contribution < -0.4 is 5.32 Å². The van der Waals surface area contributed by atoms with Gasteiger partial charge in [-0.1, -0.05) is 6.92 Å². The first-order chi connectivity index (χ1) is 10.1. The van der Waals surface area contributed by atoms with Crippen molar-refractivity contribution in [3.8, 4) is 0 Å². The summed E-state index contributed by atoms with van der Waals surface area (Å²) in [6, 6.07) is 1.70. The number of ether oxygens (including phenoxy) is 1. The molecule has 2 N–H and O–H groups in total. The van der Waals surface area contributed by atoms with Crippen molar-refractivity contribution in [3.63, 3.8) is 0 Å². The maximum absolute atomic E-state index is 12.1. The Labute approximate surface area is 127 Å². The smallest absolute Gasteiger partial charge is 0.328 e. The maximum atomic E-state index is 12.1. The van der Waals surface area contributed by atoms with E-state index in [9.17, 15) is 9.59 Å². The van der Waals surface area contributed by atoms with Crippen LogP contribution in [0.5, 0.6) is 0 Å². The molecular weight excluding hydrogens is 290 g/mol. The SMILES string of the molecule is CCC1OCCC1CNC(=O)c1csc(/C=C/C(=O)O)c1. The van der Waals surface area contributed by atoms with E-state index in [1.54, 1.807) is 11.4 Å². The lowest BCUT2D eigenvalue weighted by Gasteiger charge is -2.16. The highest BCUT2D eigenvalue weighted by molar-refractivity contribution is 7.11. The van der Waals surface area contributed by atoms with Crippen molar-refractivity contribution in [3.05, 3.63) is 28.0 Å². The predicted octanol–water partition coefficient (Wildman–Crippen LogP) is 2.39. The Morgan fingerprint density at radius 2 is 2.38 bits per heavy atom. The van der Waals surface area contributed by atoms with Gasteiger partial charge in [0.2, 0.25) is 0 Å². The Bertz CT molecular complexity index is 538. The average Bonchev–Trinajstić information content (AvgIpc) is 3.11. The highest BCUT2D eigenvalue weighted by Gasteiger charge is 2.26. The van der Waals surface area contributed by atoms with Crippen molar-refractivity contribution < 1.29 is 19.4 Å². The van der Waals surface area contributed by atoms with Crippen molar-refractivity contribution in [1.29, 1.82) is 0 Å². The molecule has 0 bridgehead atoms. The summed E-state index contributed by atoms with van der Waals surface area (Å²) in [4.78, 5) is 23.3. The molecule has 0 aliphatic carbocycles. The highest BCUT2D eigenvalue weighted by Crippen LogP contribution is 2.23. The van der Waals surface area contributed by atoms with Crippen molar-refractivity contribution in [2.45, 2.75) is 25.9 Å². The Morgan fingerprint density at radius 3 is 3.10 bits per heavy atom. The highest BCUT2D eigenvalue weighted by atomic mass is 32.1. The number of aliphatic carboxylic acids is 1. The molecule has 21 heavy (non-hydrogen) atoms. The van der Waals surface area contributed by atoms with Gasteiger partial charge in [0.15, 0.2) is 0 Å². The van der Waals surface area contributed by atoms with Gasteiger partial charge < -0.3 is 15.2 Å². The quantitative estimate of drug-likeness (QED) is 0.791. The minimum absolute atomic E-state index is 0.122. The van der Waals surface area contributed by atoms with E-state index < -0.39 is 5.97 Å². The number of rotatable bonds is 6. The summed E-state index contributed by atoms with van der Waals surface area (Å²) in [5.41, 5.74) is 0.567. The summed E-state index contributed by atoms with van der Waals surface area (Å²) in [5.74, 6) is -0.742. The van der Waals surface area contributed by atoms with E-state index in [-0.39, 0.29) is 12.0 Å². The van der Waals surface area contributed by atoms with Crippen LogP contribution in [0, 0.1) is 5.92 Å². The van der Waals surface area contributed by atoms with Crippen molar-refractivity contribution in [1.82, 2.24) is 5.32 Å². The third-order valence-electron chi connectivity index (χ3n) is 3.55. The maximum Gasteiger partial charge on any atom is 0.328 e. The lowest BCUT2D eigenvalue weighted by atomic mass is 9.99. The molecule has 0 saturated carbocycles. The van der Waals surface area contributed by atoms with Crippen molar-refractivity contribution >= 4 is 29.3 Å². The van der Waals surface area contributed by atoms with Gasteiger partial charge in [-0.3, -0.25) is 4.79 Å². The van der Waals surface area contributed by atoms with E-state index >= 15 is 0 Å². The first-order valence-corrected chi connectivity index (χ1v) is 7.87. The number of hydrogen-bond acceptors (Lipinski definition) is 4. The molecule has 5 nitrogen and oxygen atoms in total. The molecule has 2 heterocycles. The van der Waals surface area contributed by atoms with Gasteiger partial charge >= 0.3 is 5.97 Å². The second-order valence-electron chi connectivity index (χ2n) is 4.99. The van der Waals surface area contributed by atoms with Gasteiger partial charge in [0, 0.05) is 35.4 Å². The van der Waals surface area contributed by atoms with Crippen LogP contribution in [0.15, 0.2) is 17.5 Å². The second kappa shape index (κ2) is 7.38. The topological polar surface area (TPSA) is 75.6 Å². The Morgan fingerprint density at radius 1 is 1.57 bits per heavy atom. The summed E-state index contributed by atoms with van der Waals surface area (Å²) < 4.78 is 5.60. The summed E-state index contributed by atoms with van der Waals surface area (Å²) in [6.45, 7) is 3.47. The molecule has 1 aliphatic heterocycles. The molecule has 6 heteroatoms. The fraction of sp³-hybridized carbons (Fsp3) is 0.467. The molecule has 2 atom stereocenters.